The van der Waals surface area contributed by atoms with Crippen LogP contribution in [0.2, 0.25) is 0 Å². The van der Waals surface area contributed by atoms with Gasteiger partial charge in [0.25, 0.3) is 0 Å². The minimum Gasteiger partial charge on any atom is -0.352 e. The van der Waals surface area contributed by atoms with Crippen LogP contribution < -0.4 is 4.90 Å². The van der Waals surface area contributed by atoms with Gasteiger partial charge in [-0.05, 0) is 44.0 Å². The Kier molecular flexibility index (Phi) is 5.20. The van der Waals surface area contributed by atoms with Crippen LogP contribution in [-0.2, 0) is 6.42 Å². The highest BCUT2D eigenvalue weighted by atomic mass is 15.3. The van der Waals surface area contributed by atoms with Crippen molar-refractivity contribution < 1.29 is 0 Å². The van der Waals surface area contributed by atoms with Crippen molar-refractivity contribution in [1.82, 2.24) is 9.88 Å². The largest absolute Gasteiger partial charge is 0.352 e. The van der Waals surface area contributed by atoms with E-state index in [0.29, 0.717) is 6.04 Å². The van der Waals surface area contributed by atoms with E-state index in [0.717, 1.165) is 31.9 Å². The summed E-state index contributed by atoms with van der Waals surface area (Å²) in [5.74, 6) is 1.16. The Balaban J connectivity index is 2.04. The van der Waals surface area contributed by atoms with Crippen LogP contribution in [0, 0.1) is 0 Å². The van der Waals surface area contributed by atoms with Crippen molar-refractivity contribution in [2.75, 3.05) is 31.1 Å². The predicted octanol–water partition coefficient (Wildman–Crippen LogP) is 2.95. The third-order valence-corrected chi connectivity index (χ3v) is 4.25. The van der Waals surface area contributed by atoms with Crippen LogP contribution in [0.5, 0.6) is 0 Å². The van der Waals surface area contributed by atoms with E-state index in [-0.39, 0.29) is 0 Å². The maximum Gasteiger partial charge on any atom is 0.128 e. The summed E-state index contributed by atoms with van der Waals surface area (Å²) in [5, 5.41) is 0. The molecule has 0 aromatic carbocycles. The number of hydrogen-bond acceptors (Lipinski definition) is 3. The molecule has 1 atom stereocenters. The van der Waals surface area contributed by atoms with Gasteiger partial charge in [0.1, 0.15) is 5.82 Å². The van der Waals surface area contributed by atoms with Crippen molar-refractivity contribution >= 4 is 5.82 Å². The van der Waals surface area contributed by atoms with E-state index < -0.39 is 0 Å². The molecule has 2 heterocycles. The zero-order chi connectivity index (χ0) is 13.7. The van der Waals surface area contributed by atoms with Crippen molar-refractivity contribution in [2.45, 2.75) is 46.1 Å². The number of aryl methyl sites for hydroxylation is 1. The van der Waals surface area contributed by atoms with Crippen molar-refractivity contribution in [3.05, 3.63) is 23.9 Å². The fourth-order valence-electron chi connectivity index (χ4n) is 2.90. The number of rotatable bonds is 6. The molecule has 106 valence electrons. The van der Waals surface area contributed by atoms with E-state index >= 15 is 0 Å². The van der Waals surface area contributed by atoms with Crippen LogP contribution in [0.4, 0.5) is 5.82 Å². The average molecular weight is 261 g/mol. The molecule has 0 aliphatic carbocycles. The van der Waals surface area contributed by atoms with Gasteiger partial charge in [0, 0.05) is 25.3 Å². The van der Waals surface area contributed by atoms with Gasteiger partial charge in [-0.25, -0.2) is 4.98 Å². The van der Waals surface area contributed by atoms with Gasteiger partial charge < -0.3 is 9.80 Å². The molecular formula is C16H27N3. The van der Waals surface area contributed by atoms with Gasteiger partial charge in [0.05, 0.1) is 0 Å². The minimum absolute atomic E-state index is 0.639. The Bertz CT molecular complexity index is 370. The van der Waals surface area contributed by atoms with E-state index in [9.17, 15) is 0 Å². The first-order valence-electron chi connectivity index (χ1n) is 7.72. The van der Waals surface area contributed by atoms with Crippen LogP contribution in [0.1, 0.15) is 39.2 Å². The first-order valence-corrected chi connectivity index (χ1v) is 7.72. The monoisotopic (exact) mass is 261 g/mol. The third kappa shape index (κ3) is 3.47. The summed E-state index contributed by atoms with van der Waals surface area (Å²) >= 11 is 0. The highest BCUT2D eigenvalue weighted by Gasteiger charge is 2.26. The van der Waals surface area contributed by atoms with E-state index in [1.807, 2.05) is 6.20 Å². The zero-order valence-electron chi connectivity index (χ0n) is 12.6. The van der Waals surface area contributed by atoms with Gasteiger partial charge in [-0.1, -0.05) is 26.8 Å². The molecule has 1 aliphatic heterocycles. The van der Waals surface area contributed by atoms with E-state index in [4.69, 9.17) is 0 Å². The topological polar surface area (TPSA) is 19.4 Å². The van der Waals surface area contributed by atoms with Crippen LogP contribution in [0.25, 0.3) is 0 Å². The Morgan fingerprint density at radius 3 is 2.63 bits per heavy atom. The highest BCUT2D eigenvalue weighted by molar-refractivity contribution is 5.42. The maximum atomic E-state index is 4.65. The molecule has 0 radical (unpaired) electrons. The molecule has 1 aliphatic rings. The number of anilines is 1. The fourth-order valence-corrected chi connectivity index (χ4v) is 2.90. The molecule has 1 aromatic rings. The van der Waals surface area contributed by atoms with E-state index in [2.05, 4.69) is 47.7 Å². The molecule has 2 rings (SSSR count). The van der Waals surface area contributed by atoms with Crippen LogP contribution in [0.15, 0.2) is 18.3 Å². The lowest BCUT2D eigenvalue weighted by Crippen LogP contribution is -2.40. The lowest BCUT2D eigenvalue weighted by Gasteiger charge is -2.30. The van der Waals surface area contributed by atoms with E-state index in [1.54, 1.807) is 0 Å². The van der Waals surface area contributed by atoms with Crippen molar-refractivity contribution in [1.29, 1.82) is 0 Å². The number of nitrogens with zero attached hydrogens (tertiary/aromatic N) is 3. The highest BCUT2D eigenvalue weighted by Crippen LogP contribution is 2.24. The molecule has 0 N–H and O–H groups in total. The molecule has 0 bridgehead atoms. The lowest BCUT2D eigenvalue weighted by atomic mass is 10.2. The number of pyridine rings is 1. The zero-order valence-corrected chi connectivity index (χ0v) is 12.6. The average Bonchev–Trinajstić information content (AvgIpc) is 2.93. The molecule has 0 saturated carbocycles. The van der Waals surface area contributed by atoms with Crippen molar-refractivity contribution in [3.8, 4) is 0 Å². The molecule has 0 spiro atoms. The maximum absolute atomic E-state index is 4.65. The Morgan fingerprint density at radius 2 is 2.05 bits per heavy atom. The van der Waals surface area contributed by atoms with E-state index in [1.165, 1.54) is 24.9 Å². The third-order valence-electron chi connectivity index (χ3n) is 4.25. The summed E-state index contributed by atoms with van der Waals surface area (Å²) in [6, 6.07) is 5.05. The number of hydrogen-bond donors (Lipinski definition) is 0. The molecule has 0 amide bonds. The summed E-state index contributed by atoms with van der Waals surface area (Å²) in [6.45, 7) is 11.3. The second-order valence-electron chi connectivity index (χ2n) is 5.35. The fraction of sp³-hybridized carbons (Fsp3) is 0.688. The molecule has 1 aromatic heterocycles. The molecule has 19 heavy (non-hydrogen) atoms. The van der Waals surface area contributed by atoms with Crippen molar-refractivity contribution in [3.63, 3.8) is 0 Å². The molecular weight excluding hydrogens is 234 g/mol. The summed E-state index contributed by atoms with van der Waals surface area (Å²) < 4.78 is 0. The smallest absolute Gasteiger partial charge is 0.128 e. The van der Waals surface area contributed by atoms with Gasteiger partial charge in [-0.3, -0.25) is 0 Å². The first-order chi connectivity index (χ1) is 9.28. The van der Waals surface area contributed by atoms with Crippen LogP contribution >= 0.6 is 0 Å². The Labute approximate surface area is 117 Å². The Morgan fingerprint density at radius 1 is 1.26 bits per heavy atom. The van der Waals surface area contributed by atoms with Gasteiger partial charge in [0.2, 0.25) is 0 Å². The lowest BCUT2D eigenvalue weighted by molar-refractivity contribution is 0.283. The molecule has 3 nitrogen and oxygen atoms in total. The normalized spacial score (nSPS) is 19.4. The summed E-state index contributed by atoms with van der Waals surface area (Å²) in [5.41, 5.74) is 1.32. The summed E-state index contributed by atoms with van der Waals surface area (Å²) in [7, 11) is 0. The summed E-state index contributed by atoms with van der Waals surface area (Å²) in [6.07, 6.45) is 5.69. The van der Waals surface area contributed by atoms with Gasteiger partial charge >= 0.3 is 0 Å². The second-order valence-corrected chi connectivity index (χ2v) is 5.35. The standard InChI is InChI=1S/C16H27N3/c1-4-14-9-10-16(17-12-14)19-11-7-8-15(19)13-18(5-2)6-3/h9-10,12,15H,4-8,11,13H2,1-3H3. The molecule has 1 unspecified atom stereocenters. The first kappa shape index (κ1) is 14.3. The van der Waals surface area contributed by atoms with Gasteiger partial charge in [-0.15, -0.1) is 0 Å². The molecule has 1 fully saturated rings. The quantitative estimate of drug-likeness (QED) is 0.785. The van der Waals surface area contributed by atoms with Crippen LogP contribution in [-0.4, -0.2) is 42.1 Å². The number of aromatic nitrogens is 1. The van der Waals surface area contributed by atoms with Crippen LogP contribution in [0.3, 0.4) is 0 Å². The van der Waals surface area contributed by atoms with Gasteiger partial charge in [0.15, 0.2) is 0 Å². The minimum atomic E-state index is 0.639. The SMILES string of the molecule is CCc1ccc(N2CCCC2CN(CC)CC)nc1. The summed E-state index contributed by atoms with van der Waals surface area (Å²) in [4.78, 5) is 9.66. The predicted molar refractivity (Wildman–Crippen MR) is 81.8 cm³/mol. The molecule has 1 saturated heterocycles. The number of likely N-dealkylation sites (N-methyl/N-ethyl adjacent to an activating group) is 1. The van der Waals surface area contributed by atoms with Gasteiger partial charge in [-0.2, -0.15) is 0 Å². The molecule has 3 heteroatoms. The second kappa shape index (κ2) is 6.90. The van der Waals surface area contributed by atoms with Crippen molar-refractivity contribution in [2.24, 2.45) is 0 Å². The Hall–Kier alpha value is -1.09.